The van der Waals surface area contributed by atoms with Gasteiger partial charge in [0.2, 0.25) is 5.82 Å². The first-order valence-corrected chi connectivity index (χ1v) is 12.3. The third kappa shape index (κ3) is 8.66. The van der Waals surface area contributed by atoms with Gasteiger partial charge < -0.3 is 4.74 Å². The largest absolute Gasteiger partial charge is 0.490 e. The maximum atomic E-state index is 14.4. The Balaban J connectivity index is 1.77. The van der Waals surface area contributed by atoms with Crippen LogP contribution < -0.4 is 4.74 Å². The number of benzene rings is 1. The van der Waals surface area contributed by atoms with Crippen molar-refractivity contribution in [3.8, 4) is 17.6 Å². The number of ether oxygens (including phenoxy) is 1. The summed E-state index contributed by atoms with van der Waals surface area (Å²) < 4.78 is 34.1. The van der Waals surface area contributed by atoms with E-state index in [1.54, 1.807) is 6.07 Å². The van der Waals surface area contributed by atoms with Crippen LogP contribution in [-0.4, -0.2) is 6.61 Å². The maximum Gasteiger partial charge on any atom is 0.201 e. The molecule has 0 heterocycles. The molecule has 0 unspecified atom stereocenters. The normalized spacial score (nSPS) is 18.7. The first-order valence-electron chi connectivity index (χ1n) is 12.3. The second-order valence-electron chi connectivity index (χ2n) is 8.84. The SMILES string of the molecule is CCCCCCC[C@H]1CC[C@H](C#Cc2ccc(OCCCCCC)c(F)c2F)CC1. The van der Waals surface area contributed by atoms with Crippen molar-refractivity contribution in [1.29, 1.82) is 0 Å². The van der Waals surface area contributed by atoms with Gasteiger partial charge in [-0.1, -0.05) is 83.5 Å². The molecule has 1 saturated carbocycles. The quantitative estimate of drug-likeness (QED) is 0.244. The molecule has 0 N–H and O–H groups in total. The predicted molar refractivity (Wildman–Crippen MR) is 122 cm³/mol. The van der Waals surface area contributed by atoms with E-state index in [0.29, 0.717) is 12.5 Å². The fraction of sp³-hybridized carbons (Fsp3) is 0.704. The van der Waals surface area contributed by atoms with Crippen molar-refractivity contribution in [2.24, 2.45) is 11.8 Å². The van der Waals surface area contributed by atoms with Crippen LogP contribution in [0.5, 0.6) is 5.75 Å². The molecule has 1 aliphatic carbocycles. The van der Waals surface area contributed by atoms with Crippen LogP contribution in [0.3, 0.4) is 0 Å². The third-order valence-electron chi connectivity index (χ3n) is 6.28. The van der Waals surface area contributed by atoms with Crippen LogP contribution >= 0.6 is 0 Å². The van der Waals surface area contributed by atoms with E-state index in [0.717, 1.165) is 44.4 Å². The molecule has 1 aromatic rings. The zero-order valence-corrected chi connectivity index (χ0v) is 19.1. The van der Waals surface area contributed by atoms with E-state index in [4.69, 9.17) is 4.74 Å². The lowest BCUT2D eigenvalue weighted by atomic mass is 9.80. The topological polar surface area (TPSA) is 9.23 Å². The van der Waals surface area contributed by atoms with Gasteiger partial charge in [0, 0.05) is 5.92 Å². The summed E-state index contributed by atoms with van der Waals surface area (Å²) in [7, 11) is 0. The van der Waals surface area contributed by atoms with Crippen LogP contribution in [0.15, 0.2) is 12.1 Å². The molecule has 30 heavy (non-hydrogen) atoms. The van der Waals surface area contributed by atoms with E-state index in [1.807, 2.05) is 0 Å². The number of unbranched alkanes of at least 4 members (excludes halogenated alkanes) is 7. The van der Waals surface area contributed by atoms with Gasteiger partial charge in [-0.3, -0.25) is 0 Å². The molecule has 2 rings (SSSR count). The molecule has 0 atom stereocenters. The van der Waals surface area contributed by atoms with Crippen LogP contribution in [0.25, 0.3) is 0 Å². The molecule has 1 nitrogen and oxygen atoms in total. The minimum atomic E-state index is -0.913. The van der Waals surface area contributed by atoms with Crippen LogP contribution in [0, 0.1) is 35.3 Å². The highest BCUT2D eigenvalue weighted by molar-refractivity contribution is 5.41. The monoisotopic (exact) mass is 418 g/mol. The minimum absolute atomic E-state index is 0.00556. The molecule has 0 amide bonds. The standard InChI is InChI=1S/C27H40F2O/c1-3-5-7-9-10-12-22-13-15-23(16-14-22)17-18-24-19-20-25(27(29)26(24)28)30-21-11-8-6-4-2/h19-20,22-23H,3-16,21H2,1-2H3/t22-,23-. The molecule has 0 radical (unpaired) electrons. The van der Waals surface area contributed by atoms with E-state index in [1.165, 1.54) is 57.4 Å². The van der Waals surface area contributed by atoms with Crippen molar-refractivity contribution in [2.45, 2.75) is 104 Å². The summed E-state index contributed by atoms with van der Waals surface area (Å²) in [6, 6.07) is 3.06. The summed E-state index contributed by atoms with van der Waals surface area (Å²) in [5.41, 5.74) is 0.142. The molecule has 0 saturated heterocycles. The summed E-state index contributed by atoms with van der Waals surface area (Å²) in [5.74, 6) is 5.43. The zero-order valence-electron chi connectivity index (χ0n) is 19.1. The van der Waals surface area contributed by atoms with E-state index < -0.39 is 11.6 Å². The van der Waals surface area contributed by atoms with Crippen molar-refractivity contribution < 1.29 is 13.5 Å². The number of rotatable bonds is 12. The van der Waals surface area contributed by atoms with Gasteiger partial charge in [-0.15, -0.1) is 0 Å². The maximum absolute atomic E-state index is 14.4. The highest BCUT2D eigenvalue weighted by atomic mass is 19.2. The highest BCUT2D eigenvalue weighted by Gasteiger charge is 2.20. The van der Waals surface area contributed by atoms with Crippen LogP contribution in [0.2, 0.25) is 0 Å². The second kappa shape index (κ2) is 14.4. The summed E-state index contributed by atoms with van der Waals surface area (Å²) in [6.07, 6.45) is 16.8. The van der Waals surface area contributed by atoms with Gasteiger partial charge in [0.15, 0.2) is 11.6 Å². The second-order valence-corrected chi connectivity index (χ2v) is 8.84. The first-order chi connectivity index (χ1) is 14.7. The van der Waals surface area contributed by atoms with Gasteiger partial charge in [0.25, 0.3) is 0 Å². The molecule has 1 fully saturated rings. The molecule has 3 heteroatoms. The lowest BCUT2D eigenvalue weighted by molar-refractivity contribution is 0.285. The lowest BCUT2D eigenvalue weighted by Crippen LogP contribution is -2.13. The van der Waals surface area contributed by atoms with E-state index in [-0.39, 0.29) is 11.3 Å². The molecular weight excluding hydrogens is 378 g/mol. The number of hydrogen-bond acceptors (Lipinski definition) is 1. The Labute approximate surface area is 183 Å². The van der Waals surface area contributed by atoms with Gasteiger partial charge in [-0.05, 0) is 50.2 Å². The van der Waals surface area contributed by atoms with Crippen molar-refractivity contribution in [1.82, 2.24) is 0 Å². The average molecular weight is 419 g/mol. The van der Waals surface area contributed by atoms with Gasteiger partial charge in [0.1, 0.15) is 0 Å². The van der Waals surface area contributed by atoms with Crippen LogP contribution in [0.1, 0.15) is 109 Å². The lowest BCUT2D eigenvalue weighted by Gasteiger charge is -2.25. The Morgan fingerprint density at radius 3 is 2.20 bits per heavy atom. The molecule has 1 aliphatic rings. The molecule has 0 aliphatic heterocycles. The Hall–Kier alpha value is -1.56. The van der Waals surface area contributed by atoms with Crippen molar-refractivity contribution in [3.05, 3.63) is 29.3 Å². The van der Waals surface area contributed by atoms with Crippen molar-refractivity contribution >= 4 is 0 Å². The predicted octanol–water partition coefficient (Wildman–Crippen LogP) is 8.44. The summed E-state index contributed by atoms with van der Waals surface area (Å²) >= 11 is 0. The Kier molecular flexibility index (Phi) is 11.9. The summed E-state index contributed by atoms with van der Waals surface area (Å²) in [6.45, 7) is 4.81. The fourth-order valence-corrected chi connectivity index (χ4v) is 4.26. The third-order valence-corrected chi connectivity index (χ3v) is 6.28. The van der Waals surface area contributed by atoms with Gasteiger partial charge in [0.05, 0.1) is 12.2 Å². The summed E-state index contributed by atoms with van der Waals surface area (Å²) in [4.78, 5) is 0. The molecular formula is C27H40F2O. The molecule has 0 bridgehead atoms. The molecule has 1 aromatic carbocycles. The zero-order chi connectivity index (χ0) is 21.6. The number of halogens is 2. The fourth-order valence-electron chi connectivity index (χ4n) is 4.26. The Bertz CT molecular complexity index is 665. The summed E-state index contributed by atoms with van der Waals surface area (Å²) in [5, 5.41) is 0. The highest BCUT2D eigenvalue weighted by Crippen LogP contribution is 2.32. The van der Waals surface area contributed by atoms with Gasteiger partial charge in [-0.25, -0.2) is 4.39 Å². The van der Waals surface area contributed by atoms with E-state index in [2.05, 4.69) is 25.7 Å². The van der Waals surface area contributed by atoms with E-state index >= 15 is 0 Å². The van der Waals surface area contributed by atoms with Gasteiger partial charge >= 0.3 is 0 Å². The number of hydrogen-bond donors (Lipinski definition) is 0. The van der Waals surface area contributed by atoms with E-state index in [9.17, 15) is 8.78 Å². The van der Waals surface area contributed by atoms with Gasteiger partial charge in [-0.2, -0.15) is 4.39 Å². The van der Waals surface area contributed by atoms with Crippen molar-refractivity contribution in [3.63, 3.8) is 0 Å². The smallest absolute Gasteiger partial charge is 0.201 e. The Morgan fingerprint density at radius 1 is 0.833 bits per heavy atom. The van der Waals surface area contributed by atoms with Crippen LogP contribution in [0.4, 0.5) is 8.78 Å². The minimum Gasteiger partial charge on any atom is -0.490 e. The van der Waals surface area contributed by atoms with Crippen molar-refractivity contribution in [2.75, 3.05) is 6.61 Å². The molecule has 0 spiro atoms. The first kappa shape index (κ1) is 24.7. The molecule has 0 aromatic heterocycles. The average Bonchev–Trinajstić information content (AvgIpc) is 2.76. The Morgan fingerprint density at radius 2 is 1.50 bits per heavy atom. The van der Waals surface area contributed by atoms with Crippen LogP contribution in [-0.2, 0) is 0 Å². The molecule has 168 valence electrons.